The van der Waals surface area contributed by atoms with Gasteiger partial charge in [0.05, 0.1) is 29.7 Å². The Labute approximate surface area is 169 Å². The van der Waals surface area contributed by atoms with Gasteiger partial charge >= 0.3 is 0 Å². The van der Waals surface area contributed by atoms with Crippen molar-refractivity contribution in [3.8, 4) is 0 Å². The molecule has 1 amide bonds. The van der Waals surface area contributed by atoms with Gasteiger partial charge in [-0.3, -0.25) is 14.2 Å². The molecule has 0 spiro atoms. The van der Waals surface area contributed by atoms with Crippen LogP contribution < -0.4 is 5.32 Å². The Hall–Kier alpha value is -1.83. The summed E-state index contributed by atoms with van der Waals surface area (Å²) < 4.78 is 4.21. The maximum atomic E-state index is 12.4. The molecule has 0 saturated heterocycles. The first-order valence-electron chi connectivity index (χ1n) is 7.87. The van der Waals surface area contributed by atoms with Crippen molar-refractivity contribution in [3.05, 3.63) is 62.9 Å². The summed E-state index contributed by atoms with van der Waals surface area (Å²) in [5.41, 5.74) is 0.920. The van der Waals surface area contributed by atoms with Gasteiger partial charge in [0.25, 0.3) is 0 Å². The maximum Gasteiger partial charge on any atom is 0.230 e. The molecule has 0 radical (unpaired) electrons. The molecular weight excluding hydrogens is 441 g/mol. The third kappa shape index (κ3) is 4.66. The highest BCUT2D eigenvalue weighted by Crippen LogP contribution is 2.22. The fourth-order valence-electron chi connectivity index (χ4n) is 2.41. The van der Waals surface area contributed by atoms with E-state index >= 15 is 0 Å². The molecule has 2 heterocycles. The average Bonchev–Trinajstić information content (AvgIpc) is 3.15. The predicted octanol–water partition coefficient (Wildman–Crippen LogP) is 4.47. The molecule has 26 heavy (non-hydrogen) atoms. The first-order valence-corrected chi connectivity index (χ1v) is 9.42. The summed E-state index contributed by atoms with van der Waals surface area (Å²) in [6.45, 7) is 2.74. The van der Waals surface area contributed by atoms with Gasteiger partial charge in [0.15, 0.2) is 5.82 Å². The number of amides is 1. The van der Waals surface area contributed by atoms with Crippen molar-refractivity contribution in [1.29, 1.82) is 0 Å². The van der Waals surface area contributed by atoms with Crippen molar-refractivity contribution in [1.82, 2.24) is 19.6 Å². The fourth-order valence-corrected chi connectivity index (χ4v) is 3.13. The van der Waals surface area contributed by atoms with Crippen molar-refractivity contribution in [2.45, 2.75) is 20.0 Å². The zero-order chi connectivity index (χ0) is 18.7. The van der Waals surface area contributed by atoms with E-state index in [1.54, 1.807) is 21.8 Å². The summed E-state index contributed by atoms with van der Waals surface area (Å²) in [5, 5.41) is 12.3. The number of rotatable bonds is 6. The summed E-state index contributed by atoms with van der Waals surface area (Å²) in [5.74, 6) is -0.148. The Kier molecular flexibility index (Phi) is 6.01. The summed E-state index contributed by atoms with van der Waals surface area (Å²) >= 11 is 15.7. The van der Waals surface area contributed by atoms with E-state index in [0.29, 0.717) is 29.0 Å². The number of anilines is 1. The van der Waals surface area contributed by atoms with Gasteiger partial charge in [-0.05, 0) is 27.6 Å². The number of halogens is 3. The molecule has 0 fully saturated rings. The molecule has 6 nitrogen and oxygen atoms in total. The molecule has 3 aromatic rings. The minimum absolute atomic E-state index is 0.179. The van der Waals surface area contributed by atoms with Crippen molar-refractivity contribution < 1.29 is 4.79 Å². The van der Waals surface area contributed by atoms with E-state index in [2.05, 4.69) is 31.4 Å². The Morgan fingerprint density at radius 2 is 2.00 bits per heavy atom. The highest BCUT2D eigenvalue weighted by molar-refractivity contribution is 9.10. The molecule has 0 aliphatic heterocycles. The normalized spacial score (nSPS) is 12.2. The monoisotopic (exact) mass is 455 g/mol. The second-order valence-corrected chi connectivity index (χ2v) is 7.62. The van der Waals surface area contributed by atoms with Gasteiger partial charge in [0.1, 0.15) is 5.02 Å². The van der Waals surface area contributed by atoms with Crippen LogP contribution in [0.1, 0.15) is 12.5 Å². The third-order valence-electron chi connectivity index (χ3n) is 3.76. The number of nitrogens with one attached hydrogen (secondary N) is 1. The van der Waals surface area contributed by atoms with Crippen molar-refractivity contribution in [3.63, 3.8) is 0 Å². The number of benzene rings is 1. The van der Waals surface area contributed by atoms with E-state index in [9.17, 15) is 4.79 Å². The van der Waals surface area contributed by atoms with E-state index < -0.39 is 0 Å². The van der Waals surface area contributed by atoms with Crippen LogP contribution >= 0.6 is 39.1 Å². The van der Waals surface area contributed by atoms with Crippen molar-refractivity contribution in [2.75, 3.05) is 5.32 Å². The molecule has 3 rings (SSSR count). The topological polar surface area (TPSA) is 64.7 Å². The highest BCUT2D eigenvalue weighted by atomic mass is 79.9. The van der Waals surface area contributed by atoms with Crippen molar-refractivity contribution >= 4 is 50.9 Å². The number of nitrogens with zero attached hydrogens (tertiary/aromatic N) is 4. The lowest BCUT2D eigenvalue weighted by molar-refractivity contribution is -0.119. The lowest BCUT2D eigenvalue weighted by Gasteiger charge is -2.11. The Morgan fingerprint density at radius 1 is 1.23 bits per heavy atom. The Morgan fingerprint density at radius 3 is 2.69 bits per heavy atom. The molecule has 1 aromatic carbocycles. The summed E-state index contributed by atoms with van der Waals surface area (Å²) in [6.07, 6.45) is 5.16. The minimum atomic E-state index is -0.299. The van der Waals surface area contributed by atoms with Crippen LogP contribution in [0.3, 0.4) is 0 Å². The van der Waals surface area contributed by atoms with Crippen LogP contribution in [0.25, 0.3) is 0 Å². The lowest BCUT2D eigenvalue weighted by Crippen LogP contribution is -2.25. The van der Waals surface area contributed by atoms with Crippen LogP contribution in [-0.4, -0.2) is 25.5 Å². The summed E-state index contributed by atoms with van der Waals surface area (Å²) in [7, 11) is 0. The highest BCUT2D eigenvalue weighted by Gasteiger charge is 2.18. The zero-order valence-electron chi connectivity index (χ0n) is 13.9. The van der Waals surface area contributed by atoms with Gasteiger partial charge in [-0.2, -0.15) is 10.2 Å². The van der Waals surface area contributed by atoms with Gasteiger partial charge in [0, 0.05) is 17.4 Å². The molecule has 136 valence electrons. The van der Waals surface area contributed by atoms with Gasteiger partial charge < -0.3 is 5.32 Å². The second kappa shape index (κ2) is 8.24. The van der Waals surface area contributed by atoms with E-state index in [1.165, 1.54) is 0 Å². The van der Waals surface area contributed by atoms with E-state index in [4.69, 9.17) is 23.2 Å². The van der Waals surface area contributed by atoms with E-state index in [-0.39, 0.29) is 11.8 Å². The van der Waals surface area contributed by atoms with Gasteiger partial charge in [-0.25, -0.2) is 0 Å². The fraction of sp³-hybridized carbons (Fsp3) is 0.235. The van der Waals surface area contributed by atoms with Crippen LogP contribution in [0.2, 0.25) is 10.0 Å². The van der Waals surface area contributed by atoms with Crippen LogP contribution in [-0.2, 0) is 17.9 Å². The molecular formula is C17H16BrCl2N5O. The Balaban J connectivity index is 1.65. The molecule has 9 heteroatoms. The molecule has 2 aromatic heterocycles. The average molecular weight is 457 g/mol. The minimum Gasteiger partial charge on any atom is -0.308 e. The molecule has 1 unspecified atom stereocenters. The largest absolute Gasteiger partial charge is 0.308 e. The van der Waals surface area contributed by atoms with Gasteiger partial charge in [-0.15, -0.1) is 0 Å². The number of carbonyl (C=O) groups is 1. The van der Waals surface area contributed by atoms with Crippen LogP contribution in [0.15, 0.2) is 47.3 Å². The molecule has 0 saturated carbocycles. The van der Waals surface area contributed by atoms with Gasteiger partial charge in [0.2, 0.25) is 5.91 Å². The van der Waals surface area contributed by atoms with Crippen LogP contribution in [0.4, 0.5) is 5.82 Å². The SMILES string of the molecule is CC(Cn1cc(Br)cn1)C(=O)Nc1nn(Cc2ccccc2Cl)cc1Cl. The van der Waals surface area contributed by atoms with Gasteiger partial charge in [-0.1, -0.05) is 48.3 Å². The summed E-state index contributed by atoms with van der Waals surface area (Å²) in [6, 6.07) is 7.51. The molecule has 0 aliphatic carbocycles. The molecule has 0 aliphatic rings. The smallest absolute Gasteiger partial charge is 0.230 e. The second-order valence-electron chi connectivity index (χ2n) is 5.89. The van der Waals surface area contributed by atoms with Crippen LogP contribution in [0, 0.1) is 5.92 Å². The maximum absolute atomic E-state index is 12.4. The third-order valence-corrected chi connectivity index (χ3v) is 4.81. The number of carbonyl (C=O) groups excluding carboxylic acids is 1. The Bertz CT molecular complexity index is 924. The lowest BCUT2D eigenvalue weighted by atomic mass is 10.1. The number of aromatic nitrogens is 4. The standard InChI is InChI=1S/C17H16BrCl2N5O/c1-11(7-24-9-13(18)6-21-24)17(26)22-16-15(20)10-25(23-16)8-12-4-2-3-5-14(12)19/h2-6,9-11H,7-8H2,1H3,(H,22,23,26). The quantitative estimate of drug-likeness (QED) is 0.594. The molecule has 0 bridgehead atoms. The first kappa shape index (κ1) is 18.9. The number of hydrogen-bond donors (Lipinski definition) is 1. The first-order chi connectivity index (χ1) is 12.4. The van der Waals surface area contributed by atoms with Crippen molar-refractivity contribution in [2.24, 2.45) is 5.92 Å². The van der Waals surface area contributed by atoms with E-state index in [0.717, 1.165) is 10.0 Å². The molecule has 1 N–H and O–H groups in total. The van der Waals surface area contributed by atoms with E-state index in [1.807, 2.05) is 37.4 Å². The number of hydrogen-bond acceptors (Lipinski definition) is 3. The zero-order valence-corrected chi connectivity index (χ0v) is 17.0. The van der Waals surface area contributed by atoms with Crippen LogP contribution in [0.5, 0.6) is 0 Å². The predicted molar refractivity (Wildman–Crippen MR) is 106 cm³/mol. The molecule has 1 atom stereocenters. The summed E-state index contributed by atoms with van der Waals surface area (Å²) in [4.78, 5) is 12.4.